The van der Waals surface area contributed by atoms with E-state index in [2.05, 4.69) is 21.3 Å². The lowest BCUT2D eigenvalue weighted by molar-refractivity contribution is -0.132. The molecule has 4 heterocycles. The summed E-state index contributed by atoms with van der Waals surface area (Å²) in [7, 11) is 0. The van der Waals surface area contributed by atoms with Crippen LogP contribution in [0.25, 0.3) is 16.7 Å². The van der Waals surface area contributed by atoms with E-state index in [9.17, 15) is 4.79 Å². The van der Waals surface area contributed by atoms with Crippen LogP contribution in [-0.2, 0) is 11.2 Å². The first-order valence-electron chi connectivity index (χ1n) is 9.92. The minimum atomic E-state index is 0.151. The molecule has 7 heteroatoms. The molecule has 148 valence electrons. The number of aromatic nitrogens is 4. The van der Waals surface area contributed by atoms with Crippen molar-refractivity contribution >= 4 is 34.2 Å². The molecule has 0 spiro atoms. The summed E-state index contributed by atoms with van der Waals surface area (Å²) in [6, 6.07) is 9.53. The maximum atomic E-state index is 13.0. The Morgan fingerprint density at radius 1 is 1.21 bits per heavy atom. The fourth-order valence-electron chi connectivity index (χ4n) is 4.28. The quantitative estimate of drug-likeness (QED) is 0.557. The molecule has 2 atom stereocenters. The highest BCUT2D eigenvalue weighted by molar-refractivity contribution is 6.30. The lowest BCUT2D eigenvalue weighted by Gasteiger charge is -2.36. The molecule has 29 heavy (non-hydrogen) atoms. The van der Waals surface area contributed by atoms with Gasteiger partial charge in [-0.1, -0.05) is 30.7 Å². The zero-order chi connectivity index (χ0) is 20.0. The molecule has 0 aliphatic carbocycles. The summed E-state index contributed by atoms with van der Waals surface area (Å²) in [5.74, 6) is 1.78. The van der Waals surface area contributed by atoms with Crippen LogP contribution in [0.3, 0.4) is 0 Å². The molecule has 3 aromatic heterocycles. The normalized spacial score (nSPS) is 19.9. The molecule has 0 saturated carbocycles. The predicted molar refractivity (Wildman–Crippen MR) is 113 cm³/mol. The molecule has 5 rings (SSSR count). The maximum Gasteiger partial charge on any atom is 0.227 e. The van der Waals surface area contributed by atoms with Gasteiger partial charge in [0, 0.05) is 30.2 Å². The van der Waals surface area contributed by atoms with Crippen LogP contribution < -0.4 is 0 Å². The Labute approximate surface area is 173 Å². The first-order chi connectivity index (χ1) is 14.1. The van der Waals surface area contributed by atoms with E-state index in [1.807, 2.05) is 53.8 Å². The third-order valence-electron chi connectivity index (χ3n) is 6.00. The van der Waals surface area contributed by atoms with E-state index in [0.29, 0.717) is 23.9 Å². The number of likely N-dealkylation sites (tertiary alicyclic amines) is 1. The number of halogens is 1. The Hall–Kier alpha value is -2.86. The Morgan fingerprint density at radius 2 is 2.00 bits per heavy atom. The average molecular weight is 408 g/mol. The monoisotopic (exact) mass is 407 g/mol. The number of amides is 1. The largest absolute Gasteiger partial charge is 0.345 e. The summed E-state index contributed by atoms with van der Waals surface area (Å²) in [5.41, 5.74) is 3.83. The number of fused-ring (bicyclic) bond motifs is 3. The van der Waals surface area contributed by atoms with Gasteiger partial charge in [-0.15, -0.1) is 0 Å². The van der Waals surface area contributed by atoms with Crippen LogP contribution in [0.4, 0.5) is 0 Å². The Kier molecular flexibility index (Phi) is 4.51. The third kappa shape index (κ3) is 3.27. The van der Waals surface area contributed by atoms with Crippen molar-refractivity contribution in [2.45, 2.75) is 25.7 Å². The van der Waals surface area contributed by atoms with E-state index in [1.165, 1.54) is 0 Å². The van der Waals surface area contributed by atoms with Crippen molar-refractivity contribution in [2.24, 2.45) is 5.92 Å². The number of imidazole rings is 1. The molecule has 1 aliphatic heterocycles. The average Bonchev–Trinajstić information content (AvgIpc) is 3.36. The molecule has 4 aromatic rings. The van der Waals surface area contributed by atoms with E-state index < -0.39 is 0 Å². The van der Waals surface area contributed by atoms with Gasteiger partial charge in [0.15, 0.2) is 5.65 Å². The number of benzene rings is 1. The minimum Gasteiger partial charge on any atom is -0.345 e. The van der Waals surface area contributed by atoms with Crippen LogP contribution in [-0.4, -0.2) is 43.2 Å². The number of H-pyrrole nitrogens is 1. The summed E-state index contributed by atoms with van der Waals surface area (Å²) < 4.78 is 2.17. The number of carbonyl (C=O) groups excluding carboxylic acids is 1. The van der Waals surface area contributed by atoms with E-state index in [-0.39, 0.29) is 11.8 Å². The molecule has 6 nitrogen and oxygen atoms in total. The second kappa shape index (κ2) is 7.19. The number of nitrogens with zero attached hydrogens (tertiary/aromatic N) is 4. The molecule has 0 unspecified atom stereocenters. The fraction of sp³-hybridized carbons (Fsp3) is 0.318. The van der Waals surface area contributed by atoms with Gasteiger partial charge in [-0.05, 0) is 36.1 Å². The number of piperidine rings is 1. The van der Waals surface area contributed by atoms with E-state index >= 15 is 0 Å². The lowest BCUT2D eigenvalue weighted by Crippen LogP contribution is -2.43. The SMILES string of the molecule is C[C@@H]1CCN(C(=O)Cc2ccc(Cl)cc2)C[C@@H]1c1ncc2cnc3[nH]ccc3n12. The van der Waals surface area contributed by atoms with Gasteiger partial charge in [-0.3, -0.25) is 9.20 Å². The topological polar surface area (TPSA) is 66.3 Å². The van der Waals surface area contributed by atoms with Gasteiger partial charge in [0.05, 0.1) is 29.8 Å². The van der Waals surface area contributed by atoms with Gasteiger partial charge < -0.3 is 9.88 Å². The molecule has 1 fully saturated rings. The van der Waals surface area contributed by atoms with Crippen LogP contribution in [0.2, 0.25) is 5.02 Å². The smallest absolute Gasteiger partial charge is 0.227 e. The van der Waals surface area contributed by atoms with Crippen molar-refractivity contribution in [1.82, 2.24) is 24.3 Å². The van der Waals surface area contributed by atoms with Gasteiger partial charge in [-0.2, -0.15) is 0 Å². The number of hydrogen-bond acceptors (Lipinski definition) is 3. The fourth-order valence-corrected chi connectivity index (χ4v) is 4.41. The van der Waals surface area contributed by atoms with Gasteiger partial charge in [0.1, 0.15) is 5.82 Å². The van der Waals surface area contributed by atoms with Gasteiger partial charge in [0.2, 0.25) is 5.91 Å². The maximum absolute atomic E-state index is 13.0. The number of aromatic amines is 1. The number of hydrogen-bond donors (Lipinski definition) is 1. The standard InChI is InChI=1S/C22H22ClN5O/c1-14-7-9-27(20(29)10-15-2-4-16(23)5-3-15)13-18(14)22-26-12-17-11-25-21-19(28(17)22)6-8-24-21/h2-6,8,11-12,14,18,24H,7,9-10,13H2,1H3/t14-,18+/m1/s1. The van der Waals surface area contributed by atoms with Crippen LogP contribution >= 0.6 is 11.6 Å². The third-order valence-corrected chi connectivity index (χ3v) is 6.25. The van der Waals surface area contributed by atoms with Crippen LogP contribution in [0.15, 0.2) is 48.9 Å². The second-order valence-corrected chi connectivity index (χ2v) is 8.30. The summed E-state index contributed by atoms with van der Waals surface area (Å²) >= 11 is 5.96. The van der Waals surface area contributed by atoms with Gasteiger partial charge in [-0.25, -0.2) is 9.97 Å². The molecule has 1 aliphatic rings. The van der Waals surface area contributed by atoms with Crippen LogP contribution in [0.1, 0.15) is 30.7 Å². The highest BCUT2D eigenvalue weighted by Crippen LogP contribution is 2.33. The van der Waals surface area contributed by atoms with Crippen molar-refractivity contribution in [1.29, 1.82) is 0 Å². The first-order valence-corrected chi connectivity index (χ1v) is 10.3. The van der Waals surface area contributed by atoms with Crippen LogP contribution in [0, 0.1) is 5.92 Å². The Bertz CT molecular complexity index is 1180. The lowest BCUT2D eigenvalue weighted by atomic mass is 9.86. The molecule has 1 N–H and O–H groups in total. The number of nitrogens with one attached hydrogen (secondary N) is 1. The van der Waals surface area contributed by atoms with E-state index in [1.54, 1.807) is 0 Å². The minimum absolute atomic E-state index is 0.151. The van der Waals surface area contributed by atoms with Crippen LogP contribution in [0.5, 0.6) is 0 Å². The van der Waals surface area contributed by atoms with Crippen molar-refractivity contribution in [3.8, 4) is 0 Å². The van der Waals surface area contributed by atoms with Crippen molar-refractivity contribution in [3.63, 3.8) is 0 Å². The molecule has 0 radical (unpaired) electrons. The zero-order valence-corrected chi connectivity index (χ0v) is 16.9. The predicted octanol–water partition coefficient (Wildman–Crippen LogP) is 4.06. The molecular formula is C22H22ClN5O. The Morgan fingerprint density at radius 3 is 2.83 bits per heavy atom. The van der Waals surface area contributed by atoms with E-state index in [4.69, 9.17) is 16.6 Å². The summed E-state index contributed by atoms with van der Waals surface area (Å²) in [5, 5.41) is 0.685. The molecule has 1 amide bonds. The van der Waals surface area contributed by atoms with Crippen molar-refractivity contribution < 1.29 is 4.79 Å². The summed E-state index contributed by atoms with van der Waals surface area (Å²) in [6.45, 7) is 3.72. The summed E-state index contributed by atoms with van der Waals surface area (Å²) in [6.07, 6.45) is 6.97. The van der Waals surface area contributed by atoms with Gasteiger partial charge in [0.25, 0.3) is 0 Å². The van der Waals surface area contributed by atoms with Gasteiger partial charge >= 0.3 is 0 Å². The molecular weight excluding hydrogens is 386 g/mol. The molecule has 1 aromatic carbocycles. The number of rotatable bonds is 3. The highest BCUT2D eigenvalue weighted by Gasteiger charge is 2.32. The highest BCUT2D eigenvalue weighted by atomic mass is 35.5. The van der Waals surface area contributed by atoms with E-state index in [0.717, 1.165) is 41.0 Å². The zero-order valence-electron chi connectivity index (χ0n) is 16.2. The second-order valence-electron chi connectivity index (χ2n) is 7.86. The molecule has 1 saturated heterocycles. The Balaban J connectivity index is 1.43. The molecule has 0 bridgehead atoms. The van der Waals surface area contributed by atoms with Crippen molar-refractivity contribution in [3.05, 3.63) is 65.3 Å². The first kappa shape index (κ1) is 18.2. The number of carbonyl (C=O) groups is 1. The van der Waals surface area contributed by atoms with Crippen molar-refractivity contribution in [2.75, 3.05) is 13.1 Å². The summed E-state index contributed by atoms with van der Waals surface area (Å²) in [4.78, 5) is 27.3.